The van der Waals surface area contributed by atoms with Gasteiger partial charge in [0, 0.05) is 5.92 Å². The van der Waals surface area contributed by atoms with Crippen LogP contribution in [0.2, 0.25) is 0 Å². The van der Waals surface area contributed by atoms with E-state index in [0.717, 1.165) is 18.9 Å². The van der Waals surface area contributed by atoms with Gasteiger partial charge in [0.2, 0.25) is 0 Å². The molecule has 0 radical (unpaired) electrons. The second-order valence-corrected chi connectivity index (χ2v) is 3.98. The zero-order chi connectivity index (χ0) is 9.10. The van der Waals surface area contributed by atoms with Crippen molar-refractivity contribution in [2.24, 2.45) is 16.6 Å². The molecular formula is C10H18N2O. The number of ether oxygens (including phenoxy) is 1. The molecule has 0 spiro atoms. The van der Waals surface area contributed by atoms with Gasteiger partial charge in [-0.25, -0.2) is 0 Å². The molecule has 1 unspecified atom stereocenters. The van der Waals surface area contributed by atoms with Crippen molar-refractivity contribution in [3.8, 4) is 0 Å². The highest BCUT2D eigenvalue weighted by Gasteiger charge is 2.28. The van der Waals surface area contributed by atoms with Gasteiger partial charge in [-0.2, -0.15) is 0 Å². The first-order valence-electron chi connectivity index (χ1n) is 5.31. The van der Waals surface area contributed by atoms with Crippen molar-refractivity contribution >= 4 is 5.90 Å². The van der Waals surface area contributed by atoms with Crippen LogP contribution in [0, 0.1) is 5.92 Å². The van der Waals surface area contributed by atoms with Crippen LogP contribution in [0.4, 0.5) is 0 Å². The van der Waals surface area contributed by atoms with E-state index in [1.54, 1.807) is 0 Å². The Morgan fingerprint density at radius 3 is 2.85 bits per heavy atom. The van der Waals surface area contributed by atoms with Crippen LogP contribution in [-0.4, -0.2) is 25.1 Å². The topological polar surface area (TPSA) is 47.6 Å². The van der Waals surface area contributed by atoms with E-state index >= 15 is 0 Å². The summed E-state index contributed by atoms with van der Waals surface area (Å²) in [5.74, 6) is 1.65. The van der Waals surface area contributed by atoms with E-state index in [1.165, 1.54) is 25.7 Å². The molecule has 0 aromatic rings. The SMILES string of the molecule is NCCC1CN=C(C2CCCC2)O1. The first-order valence-corrected chi connectivity index (χ1v) is 5.31. The summed E-state index contributed by atoms with van der Waals surface area (Å²) in [5.41, 5.74) is 5.48. The minimum atomic E-state index is 0.278. The van der Waals surface area contributed by atoms with Crippen molar-refractivity contribution in [1.82, 2.24) is 0 Å². The summed E-state index contributed by atoms with van der Waals surface area (Å²) in [7, 11) is 0. The maximum atomic E-state index is 5.76. The number of nitrogens with zero attached hydrogens (tertiary/aromatic N) is 1. The van der Waals surface area contributed by atoms with E-state index in [1.807, 2.05) is 0 Å². The third-order valence-electron chi connectivity index (χ3n) is 2.93. The van der Waals surface area contributed by atoms with Crippen molar-refractivity contribution < 1.29 is 4.74 Å². The maximum Gasteiger partial charge on any atom is 0.186 e. The molecule has 1 fully saturated rings. The maximum absolute atomic E-state index is 5.76. The third kappa shape index (κ3) is 2.02. The normalized spacial score (nSPS) is 29.0. The number of aliphatic imine (C=N–C) groups is 1. The van der Waals surface area contributed by atoms with Gasteiger partial charge >= 0.3 is 0 Å². The summed E-state index contributed by atoms with van der Waals surface area (Å²) in [6, 6.07) is 0. The van der Waals surface area contributed by atoms with Crippen LogP contribution in [0.15, 0.2) is 4.99 Å². The Balaban J connectivity index is 1.82. The molecular weight excluding hydrogens is 164 g/mol. The van der Waals surface area contributed by atoms with Crippen LogP contribution in [0.5, 0.6) is 0 Å². The quantitative estimate of drug-likeness (QED) is 0.715. The van der Waals surface area contributed by atoms with Gasteiger partial charge in [0.15, 0.2) is 5.90 Å². The molecule has 1 saturated carbocycles. The zero-order valence-corrected chi connectivity index (χ0v) is 8.04. The van der Waals surface area contributed by atoms with Gasteiger partial charge in [0.1, 0.15) is 6.10 Å². The molecule has 2 rings (SSSR count). The smallest absolute Gasteiger partial charge is 0.186 e. The minimum Gasteiger partial charge on any atom is -0.475 e. The Morgan fingerprint density at radius 2 is 2.15 bits per heavy atom. The standard InChI is InChI=1S/C10H18N2O/c11-6-5-9-7-12-10(13-9)8-3-1-2-4-8/h8-9H,1-7,11H2. The van der Waals surface area contributed by atoms with Gasteiger partial charge in [0.25, 0.3) is 0 Å². The minimum absolute atomic E-state index is 0.278. The lowest BCUT2D eigenvalue weighted by Gasteiger charge is -2.13. The number of rotatable bonds is 3. The molecule has 13 heavy (non-hydrogen) atoms. The number of hydrogen-bond acceptors (Lipinski definition) is 3. The first kappa shape index (κ1) is 9.00. The predicted molar refractivity (Wildman–Crippen MR) is 52.8 cm³/mol. The average molecular weight is 182 g/mol. The van der Waals surface area contributed by atoms with E-state index in [2.05, 4.69) is 4.99 Å². The summed E-state index contributed by atoms with van der Waals surface area (Å²) in [6.07, 6.45) is 6.45. The van der Waals surface area contributed by atoms with E-state index in [-0.39, 0.29) is 6.10 Å². The summed E-state index contributed by atoms with van der Waals surface area (Å²) >= 11 is 0. The molecule has 0 saturated heterocycles. The van der Waals surface area contributed by atoms with Gasteiger partial charge < -0.3 is 10.5 Å². The van der Waals surface area contributed by atoms with Crippen LogP contribution in [-0.2, 0) is 4.74 Å². The lowest BCUT2D eigenvalue weighted by Crippen LogP contribution is -2.20. The van der Waals surface area contributed by atoms with E-state index in [9.17, 15) is 0 Å². The third-order valence-corrected chi connectivity index (χ3v) is 2.93. The van der Waals surface area contributed by atoms with E-state index in [0.29, 0.717) is 12.5 Å². The molecule has 74 valence electrons. The average Bonchev–Trinajstić information content (AvgIpc) is 2.70. The number of hydrogen-bond donors (Lipinski definition) is 1. The summed E-state index contributed by atoms with van der Waals surface area (Å²) < 4.78 is 5.76. The second-order valence-electron chi connectivity index (χ2n) is 3.98. The van der Waals surface area contributed by atoms with E-state index in [4.69, 9.17) is 10.5 Å². The van der Waals surface area contributed by atoms with Crippen LogP contribution in [0.1, 0.15) is 32.1 Å². The fourth-order valence-corrected chi connectivity index (χ4v) is 2.17. The summed E-state index contributed by atoms with van der Waals surface area (Å²) in [5, 5.41) is 0. The van der Waals surface area contributed by atoms with Gasteiger partial charge in [-0.05, 0) is 25.8 Å². The Kier molecular flexibility index (Phi) is 2.83. The predicted octanol–water partition coefficient (Wildman–Crippen LogP) is 1.32. The molecule has 3 heteroatoms. The Bertz CT molecular complexity index is 197. The van der Waals surface area contributed by atoms with Crippen molar-refractivity contribution in [3.05, 3.63) is 0 Å². The molecule has 0 aromatic carbocycles. The molecule has 1 heterocycles. The van der Waals surface area contributed by atoms with Crippen LogP contribution in [0.25, 0.3) is 0 Å². The lowest BCUT2D eigenvalue weighted by atomic mass is 10.1. The van der Waals surface area contributed by atoms with Crippen LogP contribution >= 0.6 is 0 Å². The highest BCUT2D eigenvalue weighted by Crippen LogP contribution is 2.29. The van der Waals surface area contributed by atoms with Gasteiger partial charge in [-0.1, -0.05) is 12.8 Å². The van der Waals surface area contributed by atoms with Crippen molar-refractivity contribution in [2.45, 2.75) is 38.2 Å². The first-order chi connectivity index (χ1) is 6.40. The van der Waals surface area contributed by atoms with Gasteiger partial charge in [0.05, 0.1) is 6.54 Å². The monoisotopic (exact) mass is 182 g/mol. The largest absolute Gasteiger partial charge is 0.475 e. The van der Waals surface area contributed by atoms with Crippen molar-refractivity contribution in [3.63, 3.8) is 0 Å². The molecule has 1 atom stereocenters. The summed E-state index contributed by atoms with van der Waals surface area (Å²) in [4.78, 5) is 4.46. The molecule has 0 bridgehead atoms. The molecule has 0 aromatic heterocycles. The highest BCUT2D eigenvalue weighted by atomic mass is 16.5. The summed E-state index contributed by atoms with van der Waals surface area (Å²) in [6.45, 7) is 1.54. The molecule has 2 aliphatic rings. The van der Waals surface area contributed by atoms with E-state index < -0.39 is 0 Å². The molecule has 0 amide bonds. The fourth-order valence-electron chi connectivity index (χ4n) is 2.17. The lowest BCUT2D eigenvalue weighted by molar-refractivity contribution is 0.202. The highest BCUT2D eigenvalue weighted by molar-refractivity contribution is 5.80. The Hall–Kier alpha value is -0.570. The van der Waals surface area contributed by atoms with Gasteiger partial charge in [-0.3, -0.25) is 4.99 Å². The molecule has 3 nitrogen and oxygen atoms in total. The van der Waals surface area contributed by atoms with Crippen molar-refractivity contribution in [1.29, 1.82) is 0 Å². The van der Waals surface area contributed by atoms with Crippen LogP contribution in [0.3, 0.4) is 0 Å². The molecule has 1 aliphatic heterocycles. The van der Waals surface area contributed by atoms with Crippen LogP contribution < -0.4 is 5.73 Å². The number of nitrogens with two attached hydrogens (primary N) is 1. The zero-order valence-electron chi connectivity index (χ0n) is 8.04. The molecule has 2 N–H and O–H groups in total. The molecule has 1 aliphatic carbocycles. The second kappa shape index (κ2) is 4.09. The van der Waals surface area contributed by atoms with Gasteiger partial charge in [-0.15, -0.1) is 0 Å². The Labute approximate surface area is 79.4 Å². The Morgan fingerprint density at radius 1 is 1.38 bits per heavy atom. The fraction of sp³-hybridized carbons (Fsp3) is 0.900. The van der Waals surface area contributed by atoms with Crippen molar-refractivity contribution in [2.75, 3.05) is 13.1 Å².